The van der Waals surface area contributed by atoms with Crippen LogP contribution < -0.4 is 5.32 Å². The second-order valence-electron chi connectivity index (χ2n) is 5.06. The van der Waals surface area contributed by atoms with Crippen LogP contribution >= 0.6 is 0 Å². The molecule has 0 aliphatic carbocycles. The van der Waals surface area contributed by atoms with Crippen molar-refractivity contribution in [2.75, 3.05) is 13.2 Å². The number of ether oxygens (including phenoxy) is 1. The Morgan fingerprint density at radius 1 is 1.50 bits per heavy atom. The third-order valence-corrected chi connectivity index (χ3v) is 3.40. The van der Waals surface area contributed by atoms with Crippen molar-refractivity contribution in [2.45, 2.75) is 32.9 Å². The minimum atomic E-state index is -0.939. The van der Waals surface area contributed by atoms with E-state index in [1.165, 1.54) is 0 Å². The molecule has 2 N–H and O–H groups in total. The Bertz CT molecular complexity index is 512. The van der Waals surface area contributed by atoms with E-state index in [1.54, 1.807) is 4.68 Å². The first-order chi connectivity index (χ1) is 9.47. The van der Waals surface area contributed by atoms with E-state index in [-0.39, 0.29) is 25.5 Å². The van der Waals surface area contributed by atoms with Gasteiger partial charge in [0.1, 0.15) is 5.92 Å². The van der Waals surface area contributed by atoms with Crippen LogP contribution in [0.5, 0.6) is 0 Å². The van der Waals surface area contributed by atoms with Gasteiger partial charge in [0, 0.05) is 18.7 Å². The number of aliphatic carboxylic acids is 1. The lowest BCUT2D eigenvalue weighted by molar-refractivity contribution is -0.142. The van der Waals surface area contributed by atoms with Gasteiger partial charge in [-0.25, -0.2) is 0 Å². The highest BCUT2D eigenvalue weighted by molar-refractivity contribution is 5.78. The van der Waals surface area contributed by atoms with Crippen molar-refractivity contribution < 1.29 is 19.4 Å². The number of hydrogen-bond donors (Lipinski definition) is 2. The van der Waals surface area contributed by atoms with Crippen LogP contribution in [0.4, 0.5) is 0 Å². The normalized spacial score (nSPS) is 21.9. The van der Waals surface area contributed by atoms with Gasteiger partial charge in [-0.1, -0.05) is 0 Å². The van der Waals surface area contributed by atoms with Crippen LogP contribution in [0.15, 0.2) is 6.07 Å². The topological polar surface area (TPSA) is 93.5 Å². The first kappa shape index (κ1) is 14.5. The van der Waals surface area contributed by atoms with Crippen molar-refractivity contribution in [2.24, 2.45) is 5.92 Å². The molecule has 2 rings (SSSR count). The summed E-state index contributed by atoms with van der Waals surface area (Å²) in [5.41, 5.74) is 1.92. The molecule has 1 amide bonds. The van der Waals surface area contributed by atoms with Gasteiger partial charge in [-0.15, -0.1) is 0 Å². The molecular weight excluding hydrogens is 262 g/mol. The Hall–Kier alpha value is -1.89. The van der Waals surface area contributed by atoms with Crippen LogP contribution in [0.1, 0.15) is 17.8 Å². The molecule has 7 heteroatoms. The van der Waals surface area contributed by atoms with Crippen molar-refractivity contribution in [3.05, 3.63) is 17.5 Å². The minimum Gasteiger partial charge on any atom is -0.481 e. The maximum Gasteiger partial charge on any atom is 0.311 e. The highest BCUT2D eigenvalue weighted by atomic mass is 16.5. The minimum absolute atomic E-state index is 0.151. The SMILES string of the molecule is Cc1cc(C)n(CCC(=O)NC2COCC2C(=O)O)n1. The number of nitrogens with zero attached hydrogens (tertiary/aromatic N) is 2. The predicted molar refractivity (Wildman–Crippen MR) is 70.2 cm³/mol. The standard InChI is InChI=1S/C13H19N3O4/c1-8-5-9(2)16(15-8)4-3-12(17)14-11-7-20-6-10(11)13(18)19/h5,10-11H,3-4,6-7H2,1-2H3,(H,14,17)(H,18,19). The number of nitrogens with one attached hydrogen (secondary N) is 1. The van der Waals surface area contributed by atoms with Crippen molar-refractivity contribution in [1.82, 2.24) is 15.1 Å². The van der Waals surface area contributed by atoms with Gasteiger partial charge < -0.3 is 15.2 Å². The first-order valence-electron chi connectivity index (χ1n) is 6.58. The van der Waals surface area contributed by atoms with Crippen LogP contribution in [0.3, 0.4) is 0 Å². The second-order valence-corrected chi connectivity index (χ2v) is 5.06. The summed E-state index contributed by atoms with van der Waals surface area (Å²) in [4.78, 5) is 22.8. The van der Waals surface area contributed by atoms with Crippen LogP contribution in [0.25, 0.3) is 0 Å². The number of amides is 1. The summed E-state index contributed by atoms with van der Waals surface area (Å²) >= 11 is 0. The van der Waals surface area contributed by atoms with Crippen LogP contribution in [-0.2, 0) is 20.9 Å². The predicted octanol–water partition coefficient (Wildman–Crippen LogP) is 0.106. The van der Waals surface area contributed by atoms with Gasteiger partial charge in [-0.2, -0.15) is 5.10 Å². The fourth-order valence-electron chi connectivity index (χ4n) is 2.33. The lowest BCUT2D eigenvalue weighted by Crippen LogP contribution is -2.42. The van der Waals surface area contributed by atoms with E-state index >= 15 is 0 Å². The molecule has 1 saturated heterocycles. The summed E-state index contributed by atoms with van der Waals surface area (Å²) in [6, 6.07) is 1.50. The molecule has 0 bridgehead atoms. The third-order valence-electron chi connectivity index (χ3n) is 3.40. The van der Waals surface area contributed by atoms with Gasteiger partial charge in [0.2, 0.25) is 5.91 Å². The zero-order valence-electron chi connectivity index (χ0n) is 11.6. The van der Waals surface area contributed by atoms with Gasteiger partial charge in [0.25, 0.3) is 0 Å². The van der Waals surface area contributed by atoms with Gasteiger partial charge in [0.15, 0.2) is 0 Å². The number of hydrogen-bond acceptors (Lipinski definition) is 4. The molecule has 2 atom stereocenters. The van der Waals surface area contributed by atoms with Gasteiger partial charge in [-0.3, -0.25) is 14.3 Å². The molecular formula is C13H19N3O4. The molecule has 7 nitrogen and oxygen atoms in total. The lowest BCUT2D eigenvalue weighted by atomic mass is 10.0. The molecule has 0 saturated carbocycles. The number of aromatic nitrogens is 2. The lowest BCUT2D eigenvalue weighted by Gasteiger charge is -2.15. The summed E-state index contributed by atoms with van der Waals surface area (Å²) < 4.78 is 6.88. The molecule has 1 aliphatic heterocycles. The monoisotopic (exact) mass is 281 g/mol. The quantitative estimate of drug-likeness (QED) is 0.798. The number of rotatable bonds is 5. The summed E-state index contributed by atoms with van der Waals surface area (Å²) in [6.07, 6.45) is 0.269. The fraction of sp³-hybridized carbons (Fsp3) is 0.615. The number of carboxylic acid groups (broad SMARTS) is 1. The van der Waals surface area contributed by atoms with Crippen molar-refractivity contribution in [3.63, 3.8) is 0 Å². The molecule has 0 spiro atoms. The fourth-order valence-corrected chi connectivity index (χ4v) is 2.33. The maximum atomic E-state index is 11.9. The van der Waals surface area contributed by atoms with E-state index in [4.69, 9.17) is 9.84 Å². The number of carbonyl (C=O) groups excluding carboxylic acids is 1. The molecule has 20 heavy (non-hydrogen) atoms. The Kier molecular flexibility index (Phi) is 4.39. The first-order valence-corrected chi connectivity index (χ1v) is 6.58. The summed E-state index contributed by atoms with van der Waals surface area (Å²) in [5.74, 6) is -1.78. The van der Waals surface area contributed by atoms with E-state index in [1.807, 2.05) is 19.9 Å². The van der Waals surface area contributed by atoms with Crippen molar-refractivity contribution in [1.29, 1.82) is 0 Å². The van der Waals surface area contributed by atoms with Gasteiger partial charge >= 0.3 is 5.97 Å². The molecule has 1 aromatic heterocycles. The van der Waals surface area contributed by atoms with Gasteiger partial charge in [0.05, 0.1) is 24.9 Å². The van der Waals surface area contributed by atoms with Crippen molar-refractivity contribution >= 4 is 11.9 Å². The highest BCUT2D eigenvalue weighted by Crippen LogP contribution is 2.14. The summed E-state index contributed by atoms with van der Waals surface area (Å²) in [6.45, 7) is 4.72. The second kappa shape index (κ2) is 6.04. The molecule has 1 fully saturated rings. The number of carboxylic acids is 1. The smallest absolute Gasteiger partial charge is 0.311 e. The average Bonchev–Trinajstić information content (AvgIpc) is 2.93. The number of aryl methyl sites for hydroxylation is 3. The van der Waals surface area contributed by atoms with E-state index in [0.29, 0.717) is 6.54 Å². The molecule has 1 aromatic rings. The molecule has 1 aliphatic rings. The molecule has 2 unspecified atom stereocenters. The Balaban J connectivity index is 1.84. The van der Waals surface area contributed by atoms with Crippen LogP contribution in [0, 0.1) is 19.8 Å². The summed E-state index contributed by atoms with van der Waals surface area (Å²) in [5, 5.41) is 16.0. The molecule has 0 aromatic carbocycles. The Morgan fingerprint density at radius 2 is 2.25 bits per heavy atom. The van der Waals surface area contributed by atoms with Gasteiger partial charge in [-0.05, 0) is 19.9 Å². The highest BCUT2D eigenvalue weighted by Gasteiger charge is 2.34. The van der Waals surface area contributed by atoms with E-state index < -0.39 is 17.9 Å². The zero-order chi connectivity index (χ0) is 14.7. The summed E-state index contributed by atoms with van der Waals surface area (Å²) in [7, 11) is 0. The molecule has 2 heterocycles. The molecule has 0 radical (unpaired) electrons. The maximum absolute atomic E-state index is 11.9. The largest absolute Gasteiger partial charge is 0.481 e. The van der Waals surface area contributed by atoms with Crippen LogP contribution in [-0.4, -0.2) is 46.0 Å². The van der Waals surface area contributed by atoms with E-state index in [0.717, 1.165) is 11.4 Å². The average molecular weight is 281 g/mol. The Labute approximate surface area is 116 Å². The van der Waals surface area contributed by atoms with Crippen molar-refractivity contribution in [3.8, 4) is 0 Å². The third kappa shape index (κ3) is 3.36. The van der Waals surface area contributed by atoms with Crippen LogP contribution in [0.2, 0.25) is 0 Å². The Morgan fingerprint density at radius 3 is 2.85 bits per heavy atom. The van der Waals surface area contributed by atoms with E-state index in [2.05, 4.69) is 10.4 Å². The van der Waals surface area contributed by atoms with E-state index in [9.17, 15) is 9.59 Å². The molecule has 110 valence electrons. The number of carbonyl (C=O) groups is 2. The zero-order valence-corrected chi connectivity index (χ0v) is 11.6.